The first-order valence-corrected chi connectivity index (χ1v) is 10.6. The third kappa shape index (κ3) is 6.36. The fourth-order valence-electron chi connectivity index (χ4n) is 2.80. The van der Waals surface area contributed by atoms with Gasteiger partial charge in [0, 0.05) is 5.69 Å². The Hall–Kier alpha value is -2.79. The van der Waals surface area contributed by atoms with Crippen molar-refractivity contribution in [3.05, 3.63) is 88.4 Å². The van der Waals surface area contributed by atoms with Gasteiger partial charge >= 0.3 is 0 Å². The van der Waals surface area contributed by atoms with Crippen molar-refractivity contribution in [1.82, 2.24) is 0 Å². The molecule has 5 heteroatoms. The molecule has 0 spiro atoms. The van der Waals surface area contributed by atoms with Crippen molar-refractivity contribution >= 4 is 27.5 Å². The Kier molecular flexibility index (Phi) is 7.16. The molecular weight excluding hydrogens is 442 g/mol. The van der Waals surface area contributed by atoms with Crippen molar-refractivity contribution in [2.24, 2.45) is 0 Å². The minimum absolute atomic E-state index is 0.0510. The molecule has 0 aliphatic heterocycles. The number of amides is 1. The number of rotatable bonds is 7. The average molecular weight is 468 g/mol. The summed E-state index contributed by atoms with van der Waals surface area (Å²) < 4.78 is 12.3. The van der Waals surface area contributed by atoms with Gasteiger partial charge in [-0.25, -0.2) is 0 Å². The molecule has 0 bridgehead atoms. The van der Waals surface area contributed by atoms with Crippen LogP contribution in [0, 0.1) is 0 Å². The van der Waals surface area contributed by atoms with Crippen LogP contribution >= 0.6 is 15.9 Å². The number of carbonyl (C=O) groups is 1. The topological polar surface area (TPSA) is 47.6 Å². The summed E-state index contributed by atoms with van der Waals surface area (Å²) in [6, 6.07) is 23.2. The van der Waals surface area contributed by atoms with Crippen molar-refractivity contribution in [2.75, 3.05) is 11.9 Å². The number of nitrogens with one attached hydrogen (secondary N) is 1. The lowest BCUT2D eigenvalue weighted by Gasteiger charge is -2.20. The number of hydrogen-bond acceptors (Lipinski definition) is 3. The Balaban J connectivity index is 1.49. The summed E-state index contributed by atoms with van der Waals surface area (Å²) in [5.41, 5.74) is 3.04. The van der Waals surface area contributed by atoms with Gasteiger partial charge in [0.1, 0.15) is 18.1 Å². The summed E-state index contributed by atoms with van der Waals surface area (Å²) in [5, 5.41) is 2.83. The lowest BCUT2D eigenvalue weighted by atomic mass is 9.87. The number of anilines is 1. The van der Waals surface area contributed by atoms with E-state index in [4.69, 9.17) is 9.47 Å². The highest BCUT2D eigenvalue weighted by atomic mass is 79.9. The molecule has 0 atom stereocenters. The van der Waals surface area contributed by atoms with E-state index in [1.165, 1.54) is 5.56 Å². The molecule has 0 aliphatic carbocycles. The van der Waals surface area contributed by atoms with Crippen LogP contribution in [0.2, 0.25) is 0 Å². The maximum atomic E-state index is 12.2. The van der Waals surface area contributed by atoms with Gasteiger partial charge in [0.25, 0.3) is 5.91 Å². The molecule has 0 aliphatic rings. The maximum Gasteiger partial charge on any atom is 0.262 e. The fraction of sp³-hybridized carbons (Fsp3) is 0.240. The molecule has 1 amide bonds. The normalized spacial score (nSPS) is 11.1. The van der Waals surface area contributed by atoms with E-state index in [0.717, 1.165) is 15.8 Å². The van der Waals surface area contributed by atoms with E-state index >= 15 is 0 Å². The van der Waals surface area contributed by atoms with Crippen LogP contribution < -0.4 is 14.8 Å². The molecule has 156 valence electrons. The predicted molar refractivity (Wildman–Crippen MR) is 124 cm³/mol. The van der Waals surface area contributed by atoms with Crippen molar-refractivity contribution in [3.8, 4) is 11.5 Å². The maximum absolute atomic E-state index is 12.2. The monoisotopic (exact) mass is 467 g/mol. The number of hydrogen-bond donors (Lipinski definition) is 1. The van der Waals surface area contributed by atoms with Gasteiger partial charge in [-0.15, -0.1) is 0 Å². The Bertz CT molecular complexity index is 980. The molecule has 0 fully saturated rings. The van der Waals surface area contributed by atoms with E-state index in [1.54, 1.807) is 0 Å². The van der Waals surface area contributed by atoms with Gasteiger partial charge in [0.2, 0.25) is 0 Å². The first kappa shape index (κ1) is 21.9. The van der Waals surface area contributed by atoms with E-state index in [1.807, 2.05) is 72.8 Å². The van der Waals surface area contributed by atoms with Gasteiger partial charge < -0.3 is 14.8 Å². The lowest BCUT2D eigenvalue weighted by Crippen LogP contribution is -2.20. The minimum atomic E-state index is -0.222. The molecule has 3 aromatic rings. The molecule has 0 radical (unpaired) electrons. The fourth-order valence-corrected chi connectivity index (χ4v) is 3.29. The Morgan fingerprint density at radius 1 is 0.933 bits per heavy atom. The largest absolute Gasteiger partial charge is 0.489 e. The Labute approximate surface area is 186 Å². The summed E-state index contributed by atoms with van der Waals surface area (Å²) in [4.78, 5) is 12.2. The molecule has 0 heterocycles. The minimum Gasteiger partial charge on any atom is -0.489 e. The molecule has 0 saturated heterocycles. The summed E-state index contributed by atoms with van der Waals surface area (Å²) in [6.07, 6.45) is 0. The number of benzene rings is 3. The average Bonchev–Trinajstić information content (AvgIpc) is 2.72. The van der Waals surface area contributed by atoms with Gasteiger partial charge in [-0.3, -0.25) is 4.79 Å². The van der Waals surface area contributed by atoms with E-state index in [0.29, 0.717) is 18.0 Å². The van der Waals surface area contributed by atoms with Crippen molar-refractivity contribution in [1.29, 1.82) is 0 Å². The summed E-state index contributed by atoms with van der Waals surface area (Å²) >= 11 is 3.53. The third-order valence-electron chi connectivity index (χ3n) is 4.54. The zero-order chi connectivity index (χ0) is 21.6. The first-order valence-electron chi connectivity index (χ1n) is 9.81. The second-order valence-electron chi connectivity index (χ2n) is 8.03. The zero-order valence-electron chi connectivity index (χ0n) is 17.4. The van der Waals surface area contributed by atoms with E-state index in [9.17, 15) is 4.79 Å². The highest BCUT2D eigenvalue weighted by Crippen LogP contribution is 2.31. The predicted octanol–water partition coefficient (Wildman–Crippen LogP) is 6.34. The second-order valence-corrected chi connectivity index (χ2v) is 8.89. The number of ether oxygens (including phenoxy) is 2. The molecule has 1 N–H and O–H groups in total. The SMILES string of the molecule is CC(C)(C)c1ccc(OCC(=O)Nc2ccc(OCc3ccccc3)cc2)c(Br)c1. The van der Waals surface area contributed by atoms with Crippen LogP contribution in [0.5, 0.6) is 11.5 Å². The molecule has 30 heavy (non-hydrogen) atoms. The van der Waals surface area contributed by atoms with Gasteiger partial charge in [-0.05, 0) is 68.9 Å². The summed E-state index contributed by atoms with van der Waals surface area (Å²) in [7, 11) is 0. The smallest absolute Gasteiger partial charge is 0.262 e. The number of carbonyl (C=O) groups excluding carboxylic acids is 1. The van der Waals surface area contributed by atoms with Crippen LogP contribution in [0.15, 0.2) is 77.3 Å². The van der Waals surface area contributed by atoms with E-state index < -0.39 is 0 Å². The highest BCUT2D eigenvalue weighted by Gasteiger charge is 2.15. The van der Waals surface area contributed by atoms with E-state index in [2.05, 4.69) is 42.0 Å². The Morgan fingerprint density at radius 3 is 2.27 bits per heavy atom. The molecular formula is C25H26BrNO3. The lowest BCUT2D eigenvalue weighted by molar-refractivity contribution is -0.118. The quantitative estimate of drug-likeness (QED) is 0.440. The van der Waals surface area contributed by atoms with Crippen LogP contribution in [-0.2, 0) is 16.8 Å². The van der Waals surface area contributed by atoms with Gasteiger partial charge in [0.15, 0.2) is 6.61 Å². The first-order chi connectivity index (χ1) is 14.3. The van der Waals surface area contributed by atoms with Crippen LogP contribution in [-0.4, -0.2) is 12.5 Å². The van der Waals surface area contributed by atoms with E-state index in [-0.39, 0.29) is 17.9 Å². The van der Waals surface area contributed by atoms with Crippen LogP contribution in [0.4, 0.5) is 5.69 Å². The van der Waals surface area contributed by atoms with Gasteiger partial charge in [-0.2, -0.15) is 0 Å². The third-order valence-corrected chi connectivity index (χ3v) is 5.16. The molecule has 0 saturated carbocycles. The highest BCUT2D eigenvalue weighted by molar-refractivity contribution is 9.10. The van der Waals surface area contributed by atoms with Crippen LogP contribution in [0.1, 0.15) is 31.9 Å². The molecule has 4 nitrogen and oxygen atoms in total. The summed E-state index contributed by atoms with van der Waals surface area (Å²) in [6.45, 7) is 6.89. The molecule has 0 aromatic heterocycles. The van der Waals surface area contributed by atoms with Gasteiger partial charge in [-0.1, -0.05) is 57.2 Å². The van der Waals surface area contributed by atoms with Crippen LogP contribution in [0.3, 0.4) is 0 Å². The summed E-state index contributed by atoms with van der Waals surface area (Å²) in [5.74, 6) is 1.17. The van der Waals surface area contributed by atoms with Crippen LogP contribution in [0.25, 0.3) is 0 Å². The van der Waals surface area contributed by atoms with Crippen molar-refractivity contribution < 1.29 is 14.3 Å². The zero-order valence-corrected chi connectivity index (χ0v) is 19.0. The van der Waals surface area contributed by atoms with Gasteiger partial charge in [0.05, 0.1) is 4.47 Å². The standard InChI is InChI=1S/C25H26BrNO3/c1-25(2,3)19-9-14-23(22(26)15-19)30-17-24(28)27-20-10-12-21(13-11-20)29-16-18-7-5-4-6-8-18/h4-15H,16-17H2,1-3H3,(H,27,28). The molecule has 0 unspecified atom stereocenters. The Morgan fingerprint density at radius 2 is 1.63 bits per heavy atom. The second kappa shape index (κ2) is 9.81. The van der Waals surface area contributed by atoms with Crippen molar-refractivity contribution in [3.63, 3.8) is 0 Å². The molecule has 3 rings (SSSR count). The number of halogens is 1. The molecule has 3 aromatic carbocycles. The van der Waals surface area contributed by atoms with Crippen molar-refractivity contribution in [2.45, 2.75) is 32.8 Å².